The van der Waals surface area contributed by atoms with Crippen molar-refractivity contribution in [3.8, 4) is 0 Å². The molecule has 110 valence electrons. The molecule has 20 heavy (non-hydrogen) atoms. The van der Waals surface area contributed by atoms with E-state index in [0.717, 1.165) is 41.7 Å². The third kappa shape index (κ3) is 3.81. The summed E-state index contributed by atoms with van der Waals surface area (Å²) in [5, 5.41) is 8.76. The third-order valence-electron chi connectivity index (χ3n) is 3.58. The molecule has 1 aromatic carbocycles. The molecular weight excluding hydrogens is 322 g/mol. The maximum Gasteiger partial charge on any atom is 0.159 e. The van der Waals surface area contributed by atoms with Crippen LogP contribution in [-0.2, 0) is 4.74 Å². The second-order valence-electron chi connectivity index (χ2n) is 5.00. The number of Topliss-reactive ketones (excluding diaryl/α,β-unsaturated/α-hetero) is 1. The van der Waals surface area contributed by atoms with Gasteiger partial charge in [-0.3, -0.25) is 4.79 Å². The van der Waals surface area contributed by atoms with Gasteiger partial charge in [-0.25, -0.2) is 0 Å². The summed E-state index contributed by atoms with van der Waals surface area (Å²) in [5.41, 5.74) is 1.84. The van der Waals surface area contributed by atoms with E-state index in [1.54, 1.807) is 6.92 Å². The smallest absolute Gasteiger partial charge is 0.159 e. The fourth-order valence-electron chi connectivity index (χ4n) is 2.47. The van der Waals surface area contributed by atoms with Gasteiger partial charge in [0.1, 0.15) is 0 Å². The Morgan fingerprint density at radius 2 is 2.15 bits per heavy atom. The number of halogens is 1. The first-order valence-electron chi connectivity index (χ1n) is 6.89. The van der Waals surface area contributed by atoms with E-state index in [1.807, 2.05) is 18.2 Å². The van der Waals surface area contributed by atoms with Gasteiger partial charge in [-0.2, -0.15) is 0 Å². The number of hydrogen-bond donors (Lipinski definition) is 1. The van der Waals surface area contributed by atoms with E-state index in [4.69, 9.17) is 9.84 Å². The summed E-state index contributed by atoms with van der Waals surface area (Å²) in [7, 11) is 0. The number of ketones is 1. The number of carbonyl (C=O) groups excluding carboxylic acids is 1. The molecule has 0 spiro atoms. The molecule has 0 bridgehead atoms. The van der Waals surface area contributed by atoms with Crippen molar-refractivity contribution in [2.75, 3.05) is 31.2 Å². The molecule has 1 saturated heterocycles. The lowest BCUT2D eigenvalue weighted by molar-refractivity contribution is 0.0159. The molecule has 0 amide bonds. The van der Waals surface area contributed by atoms with Crippen LogP contribution in [-0.4, -0.2) is 43.3 Å². The summed E-state index contributed by atoms with van der Waals surface area (Å²) in [4.78, 5) is 13.7. The molecule has 1 aliphatic rings. The average Bonchev–Trinajstić information content (AvgIpc) is 2.45. The highest BCUT2D eigenvalue weighted by atomic mass is 79.9. The van der Waals surface area contributed by atoms with Gasteiger partial charge in [0.25, 0.3) is 0 Å². The van der Waals surface area contributed by atoms with E-state index in [9.17, 15) is 4.79 Å². The first kappa shape index (κ1) is 15.5. The van der Waals surface area contributed by atoms with Crippen LogP contribution in [0.2, 0.25) is 0 Å². The molecule has 0 atom stereocenters. The Labute approximate surface area is 127 Å². The zero-order chi connectivity index (χ0) is 14.5. The molecule has 0 aliphatic carbocycles. The molecule has 2 rings (SSSR count). The Bertz CT molecular complexity index is 470. The summed E-state index contributed by atoms with van der Waals surface area (Å²) in [6, 6.07) is 5.75. The van der Waals surface area contributed by atoms with Crippen molar-refractivity contribution in [2.24, 2.45) is 0 Å². The van der Waals surface area contributed by atoms with E-state index in [0.29, 0.717) is 6.61 Å². The van der Waals surface area contributed by atoms with Crippen molar-refractivity contribution < 1.29 is 14.6 Å². The van der Waals surface area contributed by atoms with E-state index in [-0.39, 0.29) is 18.5 Å². The topological polar surface area (TPSA) is 49.8 Å². The van der Waals surface area contributed by atoms with Crippen molar-refractivity contribution in [3.63, 3.8) is 0 Å². The van der Waals surface area contributed by atoms with Crippen LogP contribution in [0.1, 0.15) is 30.1 Å². The van der Waals surface area contributed by atoms with Crippen LogP contribution in [0.4, 0.5) is 5.69 Å². The Balaban J connectivity index is 1.98. The van der Waals surface area contributed by atoms with Crippen molar-refractivity contribution in [1.29, 1.82) is 0 Å². The van der Waals surface area contributed by atoms with Gasteiger partial charge in [-0.1, -0.05) is 0 Å². The molecule has 0 unspecified atom stereocenters. The van der Waals surface area contributed by atoms with Crippen molar-refractivity contribution in [2.45, 2.75) is 25.9 Å². The van der Waals surface area contributed by atoms with E-state index in [2.05, 4.69) is 20.8 Å². The number of piperidine rings is 1. The number of benzene rings is 1. The van der Waals surface area contributed by atoms with Crippen molar-refractivity contribution in [1.82, 2.24) is 0 Å². The number of carbonyl (C=O) groups is 1. The summed E-state index contributed by atoms with van der Waals surface area (Å²) in [6.45, 7) is 3.92. The number of hydrogen-bond acceptors (Lipinski definition) is 4. The maximum absolute atomic E-state index is 11.4. The predicted octanol–water partition coefficient (Wildman–Crippen LogP) is 2.63. The summed E-state index contributed by atoms with van der Waals surface area (Å²) in [5.74, 6) is 0.0772. The monoisotopic (exact) mass is 341 g/mol. The predicted molar refractivity (Wildman–Crippen MR) is 82.4 cm³/mol. The molecular formula is C15H20BrNO3. The normalized spacial score (nSPS) is 16.4. The second-order valence-corrected chi connectivity index (χ2v) is 5.86. The number of nitrogens with zero attached hydrogens (tertiary/aromatic N) is 1. The number of anilines is 1. The first-order valence-corrected chi connectivity index (χ1v) is 7.69. The lowest BCUT2D eigenvalue weighted by Crippen LogP contribution is -2.37. The SMILES string of the molecule is CC(=O)c1ccc(N2CCC(OCCO)CC2)c(Br)c1. The Morgan fingerprint density at radius 1 is 1.45 bits per heavy atom. The molecule has 5 heteroatoms. The largest absolute Gasteiger partial charge is 0.394 e. The summed E-state index contributed by atoms with van der Waals surface area (Å²) in [6.07, 6.45) is 2.16. The Kier molecular flexibility index (Phi) is 5.57. The number of aliphatic hydroxyl groups is 1. The quantitative estimate of drug-likeness (QED) is 0.836. The molecule has 0 radical (unpaired) electrons. The highest BCUT2D eigenvalue weighted by Gasteiger charge is 2.21. The maximum atomic E-state index is 11.4. The minimum absolute atomic E-state index is 0.0772. The van der Waals surface area contributed by atoms with E-state index in [1.165, 1.54) is 0 Å². The van der Waals surface area contributed by atoms with Gasteiger partial charge in [-0.05, 0) is 53.9 Å². The van der Waals surface area contributed by atoms with Gasteiger partial charge >= 0.3 is 0 Å². The summed E-state index contributed by atoms with van der Waals surface area (Å²) < 4.78 is 6.52. The van der Waals surface area contributed by atoms with Gasteiger partial charge in [0, 0.05) is 23.1 Å². The van der Waals surface area contributed by atoms with Gasteiger partial charge in [-0.15, -0.1) is 0 Å². The van der Waals surface area contributed by atoms with Crippen LogP contribution >= 0.6 is 15.9 Å². The van der Waals surface area contributed by atoms with Crippen LogP contribution in [0.5, 0.6) is 0 Å². The van der Waals surface area contributed by atoms with Gasteiger partial charge < -0.3 is 14.7 Å². The fourth-order valence-corrected chi connectivity index (χ4v) is 3.09. The molecule has 0 saturated carbocycles. The Hall–Kier alpha value is -0.910. The average molecular weight is 342 g/mol. The lowest BCUT2D eigenvalue weighted by atomic mass is 10.1. The minimum atomic E-state index is 0.0772. The molecule has 1 aliphatic heterocycles. The zero-order valence-electron chi connectivity index (χ0n) is 11.6. The fraction of sp³-hybridized carbons (Fsp3) is 0.533. The minimum Gasteiger partial charge on any atom is -0.394 e. The van der Waals surface area contributed by atoms with Crippen LogP contribution in [0.3, 0.4) is 0 Å². The van der Waals surface area contributed by atoms with Crippen LogP contribution in [0, 0.1) is 0 Å². The van der Waals surface area contributed by atoms with Crippen LogP contribution < -0.4 is 4.90 Å². The lowest BCUT2D eigenvalue weighted by Gasteiger charge is -2.34. The molecule has 1 fully saturated rings. The molecule has 1 heterocycles. The van der Waals surface area contributed by atoms with Gasteiger partial charge in [0.15, 0.2) is 5.78 Å². The van der Waals surface area contributed by atoms with Gasteiger partial charge in [0.2, 0.25) is 0 Å². The zero-order valence-corrected chi connectivity index (χ0v) is 13.2. The van der Waals surface area contributed by atoms with Crippen LogP contribution in [0.15, 0.2) is 22.7 Å². The van der Waals surface area contributed by atoms with Crippen molar-refractivity contribution in [3.05, 3.63) is 28.2 Å². The number of aliphatic hydroxyl groups excluding tert-OH is 1. The molecule has 4 nitrogen and oxygen atoms in total. The van der Waals surface area contributed by atoms with E-state index < -0.39 is 0 Å². The second kappa shape index (κ2) is 7.20. The Morgan fingerprint density at radius 3 is 2.70 bits per heavy atom. The highest BCUT2D eigenvalue weighted by molar-refractivity contribution is 9.10. The van der Waals surface area contributed by atoms with Crippen LogP contribution in [0.25, 0.3) is 0 Å². The first-order chi connectivity index (χ1) is 9.61. The number of ether oxygens (including phenoxy) is 1. The molecule has 0 aromatic heterocycles. The van der Waals surface area contributed by atoms with Crippen molar-refractivity contribution >= 4 is 27.4 Å². The van der Waals surface area contributed by atoms with Gasteiger partial charge in [0.05, 0.1) is 25.0 Å². The standard InChI is InChI=1S/C15H20BrNO3/c1-11(19)12-2-3-15(14(16)10-12)17-6-4-13(5-7-17)20-9-8-18/h2-3,10,13,18H,4-9H2,1H3. The molecule has 1 aromatic rings. The van der Waals surface area contributed by atoms with E-state index >= 15 is 0 Å². The molecule has 1 N–H and O–H groups in total. The third-order valence-corrected chi connectivity index (χ3v) is 4.22. The highest BCUT2D eigenvalue weighted by Crippen LogP contribution is 2.30. The summed E-state index contributed by atoms with van der Waals surface area (Å²) >= 11 is 3.55. The number of rotatable bonds is 5.